The minimum atomic E-state index is -0.234. The monoisotopic (exact) mass is 463 g/mol. The fraction of sp³-hybridized carbons (Fsp3) is 0.318. The number of likely N-dealkylation sites (tertiary alicyclic amines) is 1. The topological polar surface area (TPSA) is 80.2 Å². The SMILES string of the molecule is COc1cc(OC)cc(C(=O)N2CCC(C(=O)N/N=C\c3c(Cl)cccc3Cl)CC2)c1. The van der Waals surface area contributed by atoms with Gasteiger partial charge in [-0.05, 0) is 37.1 Å². The number of methoxy groups -OCH3 is 2. The van der Waals surface area contributed by atoms with Gasteiger partial charge in [-0.3, -0.25) is 9.59 Å². The molecule has 0 unspecified atom stereocenters. The lowest BCUT2D eigenvalue weighted by Gasteiger charge is -2.31. The molecule has 0 aliphatic carbocycles. The average molecular weight is 464 g/mol. The van der Waals surface area contributed by atoms with Crippen LogP contribution in [0.3, 0.4) is 0 Å². The van der Waals surface area contributed by atoms with Gasteiger partial charge >= 0.3 is 0 Å². The van der Waals surface area contributed by atoms with Crippen molar-refractivity contribution in [2.45, 2.75) is 12.8 Å². The molecule has 2 aromatic rings. The van der Waals surface area contributed by atoms with Gasteiger partial charge in [0.15, 0.2) is 0 Å². The zero-order valence-corrected chi connectivity index (χ0v) is 18.7. The molecule has 2 aromatic carbocycles. The zero-order valence-electron chi connectivity index (χ0n) is 17.2. The number of hydrogen-bond acceptors (Lipinski definition) is 5. The third kappa shape index (κ3) is 5.68. The molecule has 1 aliphatic heterocycles. The molecule has 0 spiro atoms. The van der Waals surface area contributed by atoms with Gasteiger partial charge in [-0.1, -0.05) is 29.3 Å². The van der Waals surface area contributed by atoms with Gasteiger partial charge in [-0.15, -0.1) is 0 Å². The van der Waals surface area contributed by atoms with E-state index >= 15 is 0 Å². The van der Waals surface area contributed by atoms with Crippen LogP contribution in [-0.2, 0) is 4.79 Å². The molecule has 9 heteroatoms. The van der Waals surface area contributed by atoms with Crippen molar-refractivity contribution in [1.82, 2.24) is 10.3 Å². The molecule has 1 saturated heterocycles. The van der Waals surface area contributed by atoms with Crippen molar-refractivity contribution in [3.8, 4) is 11.5 Å². The van der Waals surface area contributed by atoms with E-state index in [0.29, 0.717) is 58.6 Å². The molecule has 3 rings (SSSR count). The summed E-state index contributed by atoms with van der Waals surface area (Å²) in [5.74, 6) is 0.543. The van der Waals surface area contributed by atoms with Gasteiger partial charge in [0.2, 0.25) is 5.91 Å². The smallest absolute Gasteiger partial charge is 0.254 e. The molecule has 2 amide bonds. The highest BCUT2D eigenvalue weighted by atomic mass is 35.5. The highest BCUT2D eigenvalue weighted by Gasteiger charge is 2.28. The number of benzene rings is 2. The first-order chi connectivity index (χ1) is 14.9. The molecular formula is C22H23Cl2N3O4. The molecule has 1 aliphatic rings. The van der Waals surface area contributed by atoms with Crippen LogP contribution in [0.1, 0.15) is 28.8 Å². The maximum Gasteiger partial charge on any atom is 0.254 e. The second-order valence-electron chi connectivity index (χ2n) is 7.04. The van der Waals surface area contributed by atoms with Gasteiger partial charge < -0.3 is 14.4 Å². The van der Waals surface area contributed by atoms with Gasteiger partial charge in [0.1, 0.15) is 11.5 Å². The van der Waals surface area contributed by atoms with Gasteiger partial charge in [0, 0.05) is 36.2 Å². The van der Waals surface area contributed by atoms with E-state index in [0.717, 1.165) is 0 Å². The Morgan fingerprint density at radius 2 is 1.65 bits per heavy atom. The Morgan fingerprint density at radius 1 is 1.06 bits per heavy atom. The molecule has 31 heavy (non-hydrogen) atoms. The van der Waals surface area contributed by atoms with Crippen molar-refractivity contribution in [2.24, 2.45) is 11.0 Å². The minimum absolute atomic E-state index is 0.123. The average Bonchev–Trinajstić information content (AvgIpc) is 2.80. The second kappa shape index (κ2) is 10.5. The normalized spacial score (nSPS) is 14.5. The van der Waals surface area contributed by atoms with Crippen LogP contribution in [0.15, 0.2) is 41.5 Å². The maximum absolute atomic E-state index is 12.9. The summed E-state index contributed by atoms with van der Waals surface area (Å²) < 4.78 is 10.5. The standard InChI is InChI=1S/C22H23Cl2N3O4/c1-30-16-10-15(11-17(12-16)31-2)22(29)27-8-6-14(7-9-27)21(28)26-25-13-18-19(23)4-3-5-20(18)24/h3-5,10-14H,6-9H2,1-2H3,(H,26,28)/b25-13-. The lowest BCUT2D eigenvalue weighted by atomic mass is 9.95. The van der Waals surface area contributed by atoms with Crippen LogP contribution in [-0.4, -0.2) is 50.2 Å². The quantitative estimate of drug-likeness (QED) is 0.518. The van der Waals surface area contributed by atoms with E-state index < -0.39 is 0 Å². The summed E-state index contributed by atoms with van der Waals surface area (Å²) in [4.78, 5) is 27.0. The Bertz CT molecular complexity index is 946. The summed E-state index contributed by atoms with van der Waals surface area (Å²) >= 11 is 12.2. The molecule has 0 bridgehead atoms. The number of nitrogens with zero attached hydrogens (tertiary/aromatic N) is 2. The van der Waals surface area contributed by atoms with E-state index in [1.807, 2.05) is 0 Å². The Morgan fingerprint density at radius 3 is 2.19 bits per heavy atom. The van der Waals surface area contributed by atoms with E-state index in [-0.39, 0.29) is 17.7 Å². The van der Waals surface area contributed by atoms with Crippen molar-refractivity contribution >= 4 is 41.2 Å². The van der Waals surface area contributed by atoms with Crippen LogP contribution < -0.4 is 14.9 Å². The van der Waals surface area contributed by atoms with E-state index in [4.69, 9.17) is 32.7 Å². The maximum atomic E-state index is 12.9. The Kier molecular flexibility index (Phi) is 7.76. The lowest BCUT2D eigenvalue weighted by Crippen LogP contribution is -2.42. The van der Waals surface area contributed by atoms with E-state index in [9.17, 15) is 9.59 Å². The number of halogens is 2. The van der Waals surface area contributed by atoms with Gasteiger partial charge in [-0.25, -0.2) is 5.43 Å². The summed E-state index contributed by atoms with van der Waals surface area (Å²) in [6.07, 6.45) is 2.51. The van der Waals surface area contributed by atoms with Gasteiger partial charge in [0.05, 0.1) is 30.5 Å². The van der Waals surface area contributed by atoms with Gasteiger partial charge in [-0.2, -0.15) is 5.10 Å². The molecule has 7 nitrogen and oxygen atoms in total. The van der Waals surface area contributed by atoms with Crippen LogP contribution in [0, 0.1) is 5.92 Å². The molecule has 1 fully saturated rings. The molecule has 1 heterocycles. The van der Waals surface area contributed by atoms with E-state index in [2.05, 4.69) is 10.5 Å². The molecular weight excluding hydrogens is 441 g/mol. The Balaban J connectivity index is 1.56. The summed E-state index contributed by atoms with van der Waals surface area (Å²) in [5.41, 5.74) is 3.57. The predicted octanol–water partition coefficient (Wildman–Crippen LogP) is 4.01. The van der Waals surface area contributed by atoms with Crippen LogP contribution >= 0.6 is 23.2 Å². The van der Waals surface area contributed by atoms with Crippen molar-refractivity contribution < 1.29 is 19.1 Å². The highest BCUT2D eigenvalue weighted by Crippen LogP contribution is 2.26. The number of carbonyl (C=O) groups is 2. The fourth-order valence-electron chi connectivity index (χ4n) is 3.34. The van der Waals surface area contributed by atoms with Gasteiger partial charge in [0.25, 0.3) is 5.91 Å². The zero-order chi connectivity index (χ0) is 22.4. The molecule has 0 aromatic heterocycles. The van der Waals surface area contributed by atoms with Crippen LogP contribution in [0.2, 0.25) is 10.0 Å². The predicted molar refractivity (Wildman–Crippen MR) is 120 cm³/mol. The van der Waals surface area contributed by atoms with Crippen molar-refractivity contribution in [3.05, 3.63) is 57.6 Å². The van der Waals surface area contributed by atoms with Crippen LogP contribution in [0.25, 0.3) is 0 Å². The molecule has 0 atom stereocenters. The van der Waals surface area contributed by atoms with Crippen LogP contribution in [0.5, 0.6) is 11.5 Å². The highest BCUT2D eigenvalue weighted by molar-refractivity contribution is 6.38. The third-order valence-corrected chi connectivity index (χ3v) is 5.78. The summed E-state index contributed by atoms with van der Waals surface area (Å²) in [6, 6.07) is 10.2. The lowest BCUT2D eigenvalue weighted by molar-refractivity contribution is -0.126. The number of amides is 2. The first kappa shape index (κ1) is 22.9. The number of piperidine rings is 1. The molecule has 1 N–H and O–H groups in total. The number of carbonyl (C=O) groups excluding carboxylic acids is 2. The minimum Gasteiger partial charge on any atom is -0.497 e. The summed E-state index contributed by atoms with van der Waals surface area (Å²) in [6.45, 7) is 0.938. The second-order valence-corrected chi connectivity index (χ2v) is 7.85. The van der Waals surface area contributed by atoms with Crippen molar-refractivity contribution in [2.75, 3.05) is 27.3 Å². The fourth-order valence-corrected chi connectivity index (χ4v) is 3.84. The van der Waals surface area contributed by atoms with E-state index in [1.54, 1.807) is 41.3 Å². The first-order valence-electron chi connectivity index (χ1n) is 9.72. The number of hydrogen-bond donors (Lipinski definition) is 1. The van der Waals surface area contributed by atoms with Crippen molar-refractivity contribution in [1.29, 1.82) is 0 Å². The number of nitrogens with one attached hydrogen (secondary N) is 1. The number of rotatable bonds is 6. The molecule has 164 valence electrons. The largest absolute Gasteiger partial charge is 0.497 e. The first-order valence-corrected chi connectivity index (χ1v) is 10.5. The molecule has 0 saturated carbocycles. The Hall–Kier alpha value is -2.77. The van der Waals surface area contributed by atoms with E-state index in [1.165, 1.54) is 20.4 Å². The van der Waals surface area contributed by atoms with Crippen molar-refractivity contribution in [3.63, 3.8) is 0 Å². The number of ether oxygens (including phenoxy) is 2. The Labute approximate surface area is 190 Å². The molecule has 0 radical (unpaired) electrons. The summed E-state index contributed by atoms with van der Waals surface area (Å²) in [5, 5.41) is 4.88. The summed E-state index contributed by atoms with van der Waals surface area (Å²) in [7, 11) is 3.07. The third-order valence-electron chi connectivity index (χ3n) is 5.12. The van der Waals surface area contributed by atoms with Crippen LogP contribution in [0.4, 0.5) is 0 Å². The number of hydrazone groups is 1.